The van der Waals surface area contributed by atoms with Gasteiger partial charge in [-0.15, -0.1) is 0 Å². The van der Waals surface area contributed by atoms with Crippen molar-refractivity contribution >= 4 is 0 Å². The molecule has 0 aromatic carbocycles. The highest BCUT2D eigenvalue weighted by molar-refractivity contribution is 4.72. The Morgan fingerprint density at radius 3 is 2.60 bits per heavy atom. The van der Waals surface area contributed by atoms with Gasteiger partial charge >= 0.3 is 0 Å². The third kappa shape index (κ3) is 2.30. The maximum atomic E-state index is 5.10. The molecule has 10 heavy (non-hydrogen) atoms. The van der Waals surface area contributed by atoms with E-state index >= 15 is 0 Å². The zero-order chi connectivity index (χ0) is 7.40. The fraction of sp³-hybridized carbons (Fsp3) is 0.889. The van der Waals surface area contributed by atoms with Crippen molar-refractivity contribution in [2.75, 3.05) is 7.11 Å². The predicted octanol–water partition coefficient (Wildman–Crippen LogP) is 2.42. The van der Waals surface area contributed by atoms with Crippen LogP contribution in [0.1, 0.15) is 32.1 Å². The summed E-state index contributed by atoms with van der Waals surface area (Å²) in [6, 6.07) is 0. The van der Waals surface area contributed by atoms with E-state index < -0.39 is 0 Å². The van der Waals surface area contributed by atoms with Gasteiger partial charge < -0.3 is 4.74 Å². The second-order valence-electron chi connectivity index (χ2n) is 3.24. The van der Waals surface area contributed by atoms with E-state index in [0.29, 0.717) is 0 Å². The maximum Gasteiger partial charge on any atom is 0.0575 e. The average molecular weight is 141 g/mol. The van der Waals surface area contributed by atoms with Crippen LogP contribution >= 0.6 is 0 Å². The number of ether oxygens (including phenoxy) is 1. The van der Waals surface area contributed by atoms with Crippen LogP contribution in [0, 0.1) is 12.8 Å². The SMILES string of the molecule is [CH2]C(CC1CCCC1)OC. The molecule has 1 rings (SSSR count). The topological polar surface area (TPSA) is 9.23 Å². The molecule has 0 aliphatic heterocycles. The molecular weight excluding hydrogens is 124 g/mol. The third-order valence-electron chi connectivity index (χ3n) is 2.40. The molecule has 0 heterocycles. The molecule has 1 unspecified atom stereocenters. The highest BCUT2D eigenvalue weighted by atomic mass is 16.5. The quantitative estimate of drug-likeness (QED) is 0.586. The molecule has 0 amide bonds. The fourth-order valence-corrected chi connectivity index (χ4v) is 1.71. The van der Waals surface area contributed by atoms with E-state index in [1.54, 1.807) is 7.11 Å². The first kappa shape index (κ1) is 8.06. The first-order chi connectivity index (χ1) is 4.83. The predicted molar refractivity (Wildman–Crippen MR) is 42.7 cm³/mol. The Morgan fingerprint density at radius 1 is 1.50 bits per heavy atom. The summed E-state index contributed by atoms with van der Waals surface area (Å²) in [5, 5.41) is 0. The van der Waals surface area contributed by atoms with Crippen molar-refractivity contribution in [3.05, 3.63) is 6.92 Å². The molecule has 0 aromatic heterocycles. The van der Waals surface area contributed by atoms with Gasteiger partial charge in [0.2, 0.25) is 0 Å². The van der Waals surface area contributed by atoms with Crippen LogP contribution in [0.3, 0.4) is 0 Å². The molecule has 0 aromatic rings. The van der Waals surface area contributed by atoms with Gasteiger partial charge in [0.05, 0.1) is 6.10 Å². The van der Waals surface area contributed by atoms with Gasteiger partial charge in [-0.05, 0) is 19.3 Å². The first-order valence-corrected chi connectivity index (χ1v) is 4.19. The monoisotopic (exact) mass is 141 g/mol. The Balaban J connectivity index is 2.11. The Hall–Kier alpha value is -0.0400. The van der Waals surface area contributed by atoms with Gasteiger partial charge in [-0.25, -0.2) is 0 Å². The molecule has 0 N–H and O–H groups in total. The zero-order valence-electron chi connectivity index (χ0n) is 6.81. The molecular formula is C9H17O. The largest absolute Gasteiger partial charge is 0.381 e. The van der Waals surface area contributed by atoms with Crippen molar-refractivity contribution in [1.82, 2.24) is 0 Å². The fourth-order valence-electron chi connectivity index (χ4n) is 1.71. The standard InChI is InChI=1S/C9H17O/c1-8(10-2)7-9-5-3-4-6-9/h8-9H,1,3-7H2,2H3. The van der Waals surface area contributed by atoms with Crippen LogP contribution in [-0.4, -0.2) is 13.2 Å². The van der Waals surface area contributed by atoms with Crippen LogP contribution in [0.25, 0.3) is 0 Å². The van der Waals surface area contributed by atoms with Gasteiger partial charge in [0.1, 0.15) is 0 Å². The third-order valence-corrected chi connectivity index (χ3v) is 2.40. The second kappa shape index (κ2) is 3.97. The summed E-state index contributed by atoms with van der Waals surface area (Å²) < 4.78 is 5.10. The van der Waals surface area contributed by atoms with Crippen LogP contribution in [0.5, 0.6) is 0 Å². The lowest BCUT2D eigenvalue weighted by molar-refractivity contribution is 0.116. The molecule has 0 spiro atoms. The van der Waals surface area contributed by atoms with E-state index in [4.69, 9.17) is 4.74 Å². The summed E-state index contributed by atoms with van der Waals surface area (Å²) in [6.45, 7) is 3.90. The molecule has 1 heteroatoms. The van der Waals surface area contributed by atoms with E-state index in [1.165, 1.54) is 25.7 Å². The summed E-state index contributed by atoms with van der Waals surface area (Å²) in [5.74, 6) is 0.905. The van der Waals surface area contributed by atoms with Crippen molar-refractivity contribution in [2.45, 2.75) is 38.2 Å². The van der Waals surface area contributed by atoms with Crippen LogP contribution in [0.4, 0.5) is 0 Å². The molecule has 1 atom stereocenters. The molecule has 0 saturated heterocycles. The smallest absolute Gasteiger partial charge is 0.0575 e. The minimum atomic E-state index is 0.225. The molecule has 1 aliphatic rings. The van der Waals surface area contributed by atoms with E-state index in [0.717, 1.165) is 12.3 Å². The second-order valence-corrected chi connectivity index (χ2v) is 3.24. The number of hydrogen-bond acceptors (Lipinski definition) is 1. The van der Waals surface area contributed by atoms with Gasteiger partial charge in [0, 0.05) is 7.11 Å². The van der Waals surface area contributed by atoms with Gasteiger partial charge in [-0.3, -0.25) is 0 Å². The molecule has 0 bridgehead atoms. The minimum Gasteiger partial charge on any atom is -0.381 e. The highest BCUT2D eigenvalue weighted by Gasteiger charge is 2.17. The van der Waals surface area contributed by atoms with Crippen molar-refractivity contribution in [2.24, 2.45) is 5.92 Å². The van der Waals surface area contributed by atoms with Crippen LogP contribution < -0.4 is 0 Å². The lowest BCUT2D eigenvalue weighted by atomic mass is 10.0. The normalized spacial score (nSPS) is 23.4. The minimum absolute atomic E-state index is 0.225. The van der Waals surface area contributed by atoms with Crippen LogP contribution in [0.15, 0.2) is 0 Å². The van der Waals surface area contributed by atoms with Crippen molar-refractivity contribution in [1.29, 1.82) is 0 Å². The summed E-state index contributed by atoms with van der Waals surface area (Å²) >= 11 is 0. The van der Waals surface area contributed by atoms with E-state index in [1.807, 2.05) is 0 Å². The Bertz CT molecular complexity index is 84.7. The molecule has 59 valence electrons. The summed E-state index contributed by atoms with van der Waals surface area (Å²) in [6.07, 6.45) is 7.02. The molecule has 1 nitrogen and oxygen atoms in total. The maximum absolute atomic E-state index is 5.10. The Morgan fingerprint density at radius 2 is 2.10 bits per heavy atom. The van der Waals surface area contributed by atoms with Crippen molar-refractivity contribution in [3.63, 3.8) is 0 Å². The summed E-state index contributed by atoms with van der Waals surface area (Å²) in [5.41, 5.74) is 0. The lowest BCUT2D eigenvalue weighted by Gasteiger charge is -2.13. The van der Waals surface area contributed by atoms with E-state index in [9.17, 15) is 0 Å². The van der Waals surface area contributed by atoms with Gasteiger partial charge in [0.15, 0.2) is 0 Å². The molecule has 1 fully saturated rings. The Labute approximate surface area is 63.8 Å². The summed E-state index contributed by atoms with van der Waals surface area (Å²) in [7, 11) is 1.74. The number of methoxy groups -OCH3 is 1. The molecule has 1 radical (unpaired) electrons. The van der Waals surface area contributed by atoms with Crippen molar-refractivity contribution in [3.8, 4) is 0 Å². The molecule has 1 aliphatic carbocycles. The average Bonchev–Trinajstić information content (AvgIpc) is 2.40. The highest BCUT2D eigenvalue weighted by Crippen LogP contribution is 2.28. The lowest BCUT2D eigenvalue weighted by Crippen LogP contribution is -2.10. The van der Waals surface area contributed by atoms with Crippen LogP contribution in [0.2, 0.25) is 0 Å². The van der Waals surface area contributed by atoms with Gasteiger partial charge in [0.25, 0.3) is 0 Å². The molecule has 1 saturated carbocycles. The zero-order valence-corrected chi connectivity index (χ0v) is 6.81. The number of hydrogen-bond donors (Lipinski definition) is 0. The van der Waals surface area contributed by atoms with Crippen molar-refractivity contribution < 1.29 is 4.74 Å². The first-order valence-electron chi connectivity index (χ1n) is 4.19. The number of rotatable bonds is 3. The Kier molecular flexibility index (Phi) is 3.20. The van der Waals surface area contributed by atoms with E-state index in [-0.39, 0.29) is 6.10 Å². The van der Waals surface area contributed by atoms with E-state index in [2.05, 4.69) is 6.92 Å². The summed E-state index contributed by atoms with van der Waals surface area (Å²) in [4.78, 5) is 0. The van der Waals surface area contributed by atoms with Crippen LogP contribution in [-0.2, 0) is 4.74 Å². The van der Waals surface area contributed by atoms with Gasteiger partial charge in [-0.1, -0.05) is 25.7 Å². The van der Waals surface area contributed by atoms with Gasteiger partial charge in [-0.2, -0.15) is 0 Å².